The maximum Gasteiger partial charge on any atom is 0.319 e. The third-order valence-electron chi connectivity index (χ3n) is 2.91. The Kier molecular flexibility index (Phi) is 2.46. The first-order valence-electron chi connectivity index (χ1n) is 5.14. The summed E-state index contributed by atoms with van der Waals surface area (Å²) in [6.45, 7) is 1.76. The van der Waals surface area contributed by atoms with Crippen LogP contribution in [-0.4, -0.2) is 17.0 Å². The van der Waals surface area contributed by atoms with Gasteiger partial charge >= 0.3 is 5.97 Å². The van der Waals surface area contributed by atoms with Gasteiger partial charge in [0.1, 0.15) is 11.2 Å². The van der Waals surface area contributed by atoms with Crippen molar-refractivity contribution in [2.75, 3.05) is 0 Å². The van der Waals surface area contributed by atoms with Crippen LogP contribution in [0.25, 0.3) is 0 Å². The largest absolute Gasteiger partial charge is 0.480 e. The monoisotopic (exact) mass is 223 g/mol. The molecule has 2 N–H and O–H groups in total. The molecule has 0 bridgehead atoms. The molecule has 1 unspecified atom stereocenters. The summed E-state index contributed by atoms with van der Waals surface area (Å²) in [6.07, 6.45) is 2.35. The van der Waals surface area contributed by atoms with Crippen LogP contribution in [0.15, 0.2) is 22.8 Å². The molecule has 0 spiro atoms. The van der Waals surface area contributed by atoms with E-state index in [0.717, 1.165) is 0 Å². The molecule has 1 aliphatic rings. The van der Waals surface area contributed by atoms with Gasteiger partial charge in [-0.3, -0.25) is 9.59 Å². The minimum Gasteiger partial charge on any atom is -0.480 e. The summed E-state index contributed by atoms with van der Waals surface area (Å²) in [5.41, 5.74) is -1.19. The summed E-state index contributed by atoms with van der Waals surface area (Å²) in [5, 5.41) is 11.6. The second-order valence-corrected chi connectivity index (χ2v) is 4.10. The van der Waals surface area contributed by atoms with Gasteiger partial charge in [-0.25, -0.2) is 0 Å². The van der Waals surface area contributed by atoms with E-state index in [4.69, 9.17) is 9.52 Å². The number of rotatable bonds is 4. The molecule has 5 nitrogen and oxygen atoms in total. The summed E-state index contributed by atoms with van der Waals surface area (Å²) in [7, 11) is 0. The van der Waals surface area contributed by atoms with Crippen molar-refractivity contribution in [2.24, 2.45) is 5.41 Å². The summed E-state index contributed by atoms with van der Waals surface area (Å²) in [5.74, 6) is -0.852. The Labute approximate surface area is 92.4 Å². The molecule has 1 aromatic rings. The summed E-state index contributed by atoms with van der Waals surface area (Å²) >= 11 is 0. The highest BCUT2D eigenvalue weighted by molar-refractivity contribution is 6.04. The number of furan rings is 1. The van der Waals surface area contributed by atoms with Gasteiger partial charge in [-0.1, -0.05) is 0 Å². The zero-order chi connectivity index (χ0) is 11.8. The lowest BCUT2D eigenvalue weighted by Crippen LogP contribution is -2.38. The molecule has 1 aromatic heterocycles. The van der Waals surface area contributed by atoms with Crippen molar-refractivity contribution in [2.45, 2.75) is 25.8 Å². The molecule has 1 heterocycles. The molecule has 0 radical (unpaired) electrons. The molecular formula is C11H13NO4. The smallest absolute Gasteiger partial charge is 0.319 e. The fourth-order valence-electron chi connectivity index (χ4n) is 1.61. The van der Waals surface area contributed by atoms with E-state index >= 15 is 0 Å². The molecule has 86 valence electrons. The highest BCUT2D eigenvalue weighted by Crippen LogP contribution is 2.46. The minimum atomic E-state index is -1.19. The Morgan fingerprint density at radius 2 is 2.25 bits per heavy atom. The Hall–Kier alpha value is -1.78. The van der Waals surface area contributed by atoms with Gasteiger partial charge in [0, 0.05) is 0 Å². The van der Waals surface area contributed by atoms with E-state index in [9.17, 15) is 9.59 Å². The number of carbonyl (C=O) groups excluding carboxylic acids is 1. The second-order valence-electron chi connectivity index (χ2n) is 4.10. The van der Waals surface area contributed by atoms with Crippen molar-refractivity contribution >= 4 is 11.9 Å². The highest BCUT2D eigenvalue weighted by Gasteiger charge is 2.57. The van der Waals surface area contributed by atoms with Crippen LogP contribution in [-0.2, 0) is 9.59 Å². The SMILES string of the molecule is CC(NC(=O)C1(C(=O)O)CC1)c1ccco1. The van der Waals surface area contributed by atoms with Gasteiger partial charge in [-0.05, 0) is 31.9 Å². The van der Waals surface area contributed by atoms with Crippen LogP contribution in [0.4, 0.5) is 0 Å². The third kappa shape index (κ3) is 1.68. The van der Waals surface area contributed by atoms with Crippen LogP contribution in [0, 0.1) is 5.41 Å². The van der Waals surface area contributed by atoms with E-state index in [1.807, 2.05) is 0 Å². The second kappa shape index (κ2) is 3.66. The van der Waals surface area contributed by atoms with E-state index < -0.39 is 17.3 Å². The zero-order valence-electron chi connectivity index (χ0n) is 8.90. The normalized spacial score (nSPS) is 18.8. The molecule has 1 aliphatic carbocycles. The Bertz CT molecular complexity index is 406. The van der Waals surface area contributed by atoms with Gasteiger partial charge in [0.15, 0.2) is 0 Å². The fourth-order valence-corrected chi connectivity index (χ4v) is 1.61. The molecule has 0 aromatic carbocycles. The third-order valence-corrected chi connectivity index (χ3v) is 2.91. The van der Waals surface area contributed by atoms with Crippen molar-refractivity contribution in [1.29, 1.82) is 0 Å². The van der Waals surface area contributed by atoms with Gasteiger partial charge < -0.3 is 14.8 Å². The molecule has 1 saturated carbocycles. The maximum absolute atomic E-state index is 11.7. The Morgan fingerprint density at radius 1 is 1.56 bits per heavy atom. The van der Waals surface area contributed by atoms with Crippen LogP contribution >= 0.6 is 0 Å². The molecule has 0 aliphatic heterocycles. The average Bonchev–Trinajstić information content (AvgIpc) is 2.87. The quantitative estimate of drug-likeness (QED) is 0.754. The minimum absolute atomic E-state index is 0.306. The van der Waals surface area contributed by atoms with E-state index in [1.165, 1.54) is 6.26 Å². The lowest BCUT2D eigenvalue weighted by atomic mass is 10.1. The molecule has 1 fully saturated rings. The number of hydrogen-bond donors (Lipinski definition) is 2. The molecule has 0 saturated heterocycles. The number of carbonyl (C=O) groups is 2. The van der Waals surface area contributed by atoms with Crippen LogP contribution in [0.1, 0.15) is 31.6 Å². The Morgan fingerprint density at radius 3 is 2.69 bits per heavy atom. The molecular weight excluding hydrogens is 210 g/mol. The summed E-state index contributed by atoms with van der Waals surface area (Å²) < 4.78 is 5.13. The predicted molar refractivity (Wildman–Crippen MR) is 54.6 cm³/mol. The number of hydrogen-bond acceptors (Lipinski definition) is 3. The van der Waals surface area contributed by atoms with Crippen LogP contribution in [0.5, 0.6) is 0 Å². The van der Waals surface area contributed by atoms with Gasteiger partial charge in [0.2, 0.25) is 5.91 Å². The topological polar surface area (TPSA) is 79.5 Å². The highest BCUT2D eigenvalue weighted by atomic mass is 16.4. The van der Waals surface area contributed by atoms with Crippen LogP contribution in [0.3, 0.4) is 0 Å². The van der Waals surface area contributed by atoms with Crippen molar-refractivity contribution < 1.29 is 19.1 Å². The van der Waals surface area contributed by atoms with E-state index in [-0.39, 0.29) is 6.04 Å². The lowest BCUT2D eigenvalue weighted by Gasteiger charge is -2.15. The number of nitrogens with one attached hydrogen (secondary N) is 1. The zero-order valence-corrected chi connectivity index (χ0v) is 8.90. The number of carboxylic acids is 1. The van der Waals surface area contributed by atoms with Crippen LogP contribution < -0.4 is 5.32 Å². The number of carboxylic acid groups (broad SMARTS) is 1. The van der Waals surface area contributed by atoms with Gasteiger partial charge in [-0.2, -0.15) is 0 Å². The average molecular weight is 223 g/mol. The molecule has 16 heavy (non-hydrogen) atoms. The van der Waals surface area contributed by atoms with Gasteiger partial charge in [-0.15, -0.1) is 0 Å². The molecule has 5 heteroatoms. The summed E-state index contributed by atoms with van der Waals surface area (Å²) in [4.78, 5) is 22.6. The summed E-state index contributed by atoms with van der Waals surface area (Å²) in [6, 6.07) is 3.16. The van der Waals surface area contributed by atoms with E-state index in [2.05, 4.69) is 5.32 Å². The standard InChI is InChI=1S/C11H13NO4/c1-7(8-3-2-6-16-8)12-9(13)11(4-5-11)10(14)15/h2-3,6-7H,4-5H2,1H3,(H,12,13)(H,14,15). The van der Waals surface area contributed by atoms with Crippen molar-refractivity contribution in [1.82, 2.24) is 5.32 Å². The van der Waals surface area contributed by atoms with Crippen LogP contribution in [0.2, 0.25) is 0 Å². The fraction of sp³-hybridized carbons (Fsp3) is 0.455. The van der Waals surface area contributed by atoms with Crippen molar-refractivity contribution in [3.8, 4) is 0 Å². The first-order chi connectivity index (χ1) is 7.56. The van der Waals surface area contributed by atoms with Gasteiger partial charge in [0.25, 0.3) is 0 Å². The molecule has 1 atom stereocenters. The lowest BCUT2D eigenvalue weighted by molar-refractivity contribution is -0.149. The number of aliphatic carboxylic acids is 1. The first kappa shape index (κ1) is 10.7. The van der Waals surface area contributed by atoms with E-state index in [1.54, 1.807) is 19.1 Å². The predicted octanol–water partition coefficient (Wildman–Crippen LogP) is 1.32. The number of amides is 1. The van der Waals surface area contributed by atoms with Crippen molar-refractivity contribution in [3.05, 3.63) is 24.2 Å². The first-order valence-corrected chi connectivity index (χ1v) is 5.14. The molecule has 2 rings (SSSR count). The van der Waals surface area contributed by atoms with Crippen molar-refractivity contribution in [3.63, 3.8) is 0 Å². The Balaban J connectivity index is 2.01. The molecule has 1 amide bonds. The maximum atomic E-state index is 11.7. The van der Waals surface area contributed by atoms with E-state index in [0.29, 0.717) is 18.6 Å². The van der Waals surface area contributed by atoms with Gasteiger partial charge in [0.05, 0.1) is 12.3 Å².